The molecule has 1 aromatic carbocycles. The lowest BCUT2D eigenvalue weighted by molar-refractivity contribution is 0.483. The average molecular weight is 310 g/mol. The fraction of sp³-hybridized carbons (Fsp3) is 0.625. The lowest BCUT2D eigenvalue weighted by Gasteiger charge is -2.18. The lowest BCUT2D eigenvalue weighted by atomic mass is 10.1. The molecule has 4 nitrogen and oxygen atoms in total. The van der Waals surface area contributed by atoms with Crippen molar-refractivity contribution in [3.05, 3.63) is 23.8 Å². The average Bonchev–Trinajstić information content (AvgIpc) is 2.92. The van der Waals surface area contributed by atoms with Crippen molar-refractivity contribution in [1.29, 1.82) is 0 Å². The molecular formula is C16H26N2O2S. The molecule has 0 fully saturated rings. The summed E-state index contributed by atoms with van der Waals surface area (Å²) in [7, 11) is -3.42. The summed E-state index contributed by atoms with van der Waals surface area (Å²) in [5.41, 5.74) is 2.16. The number of rotatable bonds is 8. The lowest BCUT2D eigenvalue weighted by Crippen LogP contribution is -2.34. The monoisotopic (exact) mass is 310 g/mol. The fourth-order valence-corrected chi connectivity index (χ4v) is 4.12. The van der Waals surface area contributed by atoms with Crippen LogP contribution in [0.1, 0.15) is 51.5 Å². The molecule has 0 saturated carbocycles. The number of nitrogens with one attached hydrogen (secondary N) is 2. The Morgan fingerprint density at radius 1 is 1.24 bits per heavy atom. The Labute approximate surface area is 128 Å². The van der Waals surface area contributed by atoms with Gasteiger partial charge in [0, 0.05) is 18.3 Å². The summed E-state index contributed by atoms with van der Waals surface area (Å²) >= 11 is 0. The molecule has 5 heteroatoms. The van der Waals surface area contributed by atoms with Crippen molar-refractivity contribution in [3.63, 3.8) is 0 Å². The van der Waals surface area contributed by atoms with E-state index >= 15 is 0 Å². The van der Waals surface area contributed by atoms with E-state index in [4.69, 9.17) is 0 Å². The predicted octanol–water partition coefficient (Wildman–Crippen LogP) is 3.29. The van der Waals surface area contributed by atoms with Gasteiger partial charge in [-0.2, -0.15) is 0 Å². The highest BCUT2D eigenvalue weighted by atomic mass is 32.2. The van der Waals surface area contributed by atoms with E-state index in [1.165, 1.54) is 5.56 Å². The molecule has 0 bridgehead atoms. The van der Waals surface area contributed by atoms with Crippen LogP contribution in [0.5, 0.6) is 0 Å². The number of sulfonamides is 1. The second kappa shape index (κ2) is 7.27. The molecule has 1 aliphatic rings. The molecule has 118 valence electrons. The zero-order valence-electron chi connectivity index (χ0n) is 13.0. The van der Waals surface area contributed by atoms with Crippen molar-refractivity contribution >= 4 is 15.7 Å². The normalized spacial score (nSPS) is 15.5. The highest BCUT2D eigenvalue weighted by Gasteiger charge is 2.21. The van der Waals surface area contributed by atoms with Gasteiger partial charge in [0.15, 0.2) is 0 Å². The van der Waals surface area contributed by atoms with Crippen LogP contribution in [0.4, 0.5) is 5.69 Å². The van der Waals surface area contributed by atoms with Crippen LogP contribution in [-0.4, -0.2) is 21.0 Å². The Morgan fingerprint density at radius 2 is 2.05 bits per heavy atom. The topological polar surface area (TPSA) is 58.2 Å². The van der Waals surface area contributed by atoms with E-state index in [-0.39, 0.29) is 6.04 Å². The summed E-state index contributed by atoms with van der Waals surface area (Å²) < 4.78 is 28.0. The smallest absolute Gasteiger partial charge is 0.240 e. The Morgan fingerprint density at radius 3 is 2.76 bits per heavy atom. The number of hydrogen-bond acceptors (Lipinski definition) is 3. The van der Waals surface area contributed by atoms with Gasteiger partial charge in [0.2, 0.25) is 10.0 Å². The van der Waals surface area contributed by atoms with Crippen molar-refractivity contribution in [2.45, 2.75) is 63.3 Å². The molecule has 1 atom stereocenters. The van der Waals surface area contributed by atoms with Crippen molar-refractivity contribution in [2.24, 2.45) is 0 Å². The molecule has 21 heavy (non-hydrogen) atoms. The molecule has 2 N–H and O–H groups in total. The van der Waals surface area contributed by atoms with Gasteiger partial charge in [0.25, 0.3) is 0 Å². The maximum Gasteiger partial charge on any atom is 0.240 e. The van der Waals surface area contributed by atoms with Crippen LogP contribution in [0, 0.1) is 0 Å². The Hall–Kier alpha value is -1.07. The summed E-state index contributed by atoms with van der Waals surface area (Å²) in [6.07, 6.45) is 5.90. The second-order valence-corrected chi connectivity index (χ2v) is 7.46. The molecule has 1 heterocycles. The molecule has 1 unspecified atom stereocenters. The summed E-state index contributed by atoms with van der Waals surface area (Å²) in [6, 6.07) is 5.44. The molecule has 1 aliphatic heterocycles. The van der Waals surface area contributed by atoms with Gasteiger partial charge in [0.05, 0.1) is 4.90 Å². The first kappa shape index (κ1) is 16.3. The van der Waals surface area contributed by atoms with Crippen LogP contribution in [0.3, 0.4) is 0 Å². The molecule has 0 spiro atoms. The third-order valence-corrected chi connectivity index (χ3v) is 5.48. The molecule has 0 radical (unpaired) electrons. The Balaban J connectivity index is 2.12. The van der Waals surface area contributed by atoms with E-state index in [1.807, 2.05) is 6.07 Å². The van der Waals surface area contributed by atoms with Crippen molar-refractivity contribution in [1.82, 2.24) is 4.72 Å². The van der Waals surface area contributed by atoms with Crippen LogP contribution >= 0.6 is 0 Å². The van der Waals surface area contributed by atoms with Crippen LogP contribution in [-0.2, 0) is 16.4 Å². The largest absolute Gasteiger partial charge is 0.384 e. The minimum atomic E-state index is -3.42. The van der Waals surface area contributed by atoms with Crippen molar-refractivity contribution < 1.29 is 8.42 Å². The summed E-state index contributed by atoms with van der Waals surface area (Å²) in [4.78, 5) is 0.369. The van der Waals surface area contributed by atoms with Gasteiger partial charge in [-0.25, -0.2) is 13.1 Å². The molecular weight excluding hydrogens is 284 g/mol. The van der Waals surface area contributed by atoms with E-state index in [9.17, 15) is 8.42 Å². The van der Waals surface area contributed by atoms with Crippen molar-refractivity contribution in [3.8, 4) is 0 Å². The van der Waals surface area contributed by atoms with Crippen LogP contribution in [0.15, 0.2) is 23.1 Å². The van der Waals surface area contributed by atoms with Crippen LogP contribution in [0.25, 0.3) is 0 Å². The quantitative estimate of drug-likeness (QED) is 0.774. The van der Waals surface area contributed by atoms with Gasteiger partial charge in [-0.3, -0.25) is 0 Å². The third-order valence-electron chi connectivity index (χ3n) is 3.97. The summed E-state index contributed by atoms with van der Waals surface area (Å²) in [5, 5.41) is 3.23. The molecule has 0 amide bonds. The van der Waals surface area contributed by atoms with E-state index in [1.54, 1.807) is 12.1 Å². The van der Waals surface area contributed by atoms with E-state index in [0.29, 0.717) is 4.90 Å². The van der Waals surface area contributed by atoms with Gasteiger partial charge >= 0.3 is 0 Å². The van der Waals surface area contributed by atoms with E-state index < -0.39 is 10.0 Å². The standard InChI is InChI=1S/C16H26N2O2S/c1-3-5-7-14(6-4-2)18-21(19,20)15-9-8-13-10-11-17-16(13)12-15/h8-9,12,14,17-18H,3-7,10-11H2,1-2H3. The van der Waals surface area contributed by atoms with Gasteiger partial charge < -0.3 is 5.32 Å². The third kappa shape index (κ3) is 4.20. The number of unbranched alkanes of at least 4 members (excludes halogenated alkanes) is 1. The first-order chi connectivity index (χ1) is 10.1. The van der Waals surface area contributed by atoms with Gasteiger partial charge in [-0.05, 0) is 37.0 Å². The minimum absolute atomic E-state index is 0.0427. The molecule has 0 aliphatic carbocycles. The predicted molar refractivity (Wildman–Crippen MR) is 87.2 cm³/mol. The molecule has 2 rings (SSSR count). The minimum Gasteiger partial charge on any atom is -0.384 e. The molecule has 0 saturated heterocycles. The summed E-state index contributed by atoms with van der Waals surface area (Å²) in [5.74, 6) is 0. The Kier molecular flexibility index (Phi) is 5.65. The first-order valence-corrected chi connectivity index (χ1v) is 9.44. The van der Waals surface area contributed by atoms with Crippen LogP contribution in [0.2, 0.25) is 0 Å². The van der Waals surface area contributed by atoms with Crippen LogP contribution < -0.4 is 10.0 Å². The van der Waals surface area contributed by atoms with E-state index in [2.05, 4.69) is 23.9 Å². The van der Waals surface area contributed by atoms with Crippen molar-refractivity contribution in [2.75, 3.05) is 11.9 Å². The van der Waals surface area contributed by atoms with Gasteiger partial charge in [0.1, 0.15) is 0 Å². The Bertz CT molecular complexity index is 570. The SMILES string of the molecule is CCCCC(CCC)NS(=O)(=O)c1ccc2c(c1)NCC2. The highest BCUT2D eigenvalue weighted by Crippen LogP contribution is 2.25. The number of fused-ring (bicyclic) bond motifs is 1. The molecule has 0 aromatic heterocycles. The molecule has 1 aromatic rings. The van der Waals surface area contributed by atoms with Gasteiger partial charge in [-0.15, -0.1) is 0 Å². The van der Waals surface area contributed by atoms with E-state index in [0.717, 1.165) is 50.8 Å². The maximum absolute atomic E-state index is 12.5. The zero-order chi connectivity index (χ0) is 15.3. The maximum atomic E-state index is 12.5. The number of benzene rings is 1. The zero-order valence-corrected chi connectivity index (χ0v) is 13.8. The number of hydrogen-bond donors (Lipinski definition) is 2. The highest BCUT2D eigenvalue weighted by molar-refractivity contribution is 7.89. The first-order valence-electron chi connectivity index (χ1n) is 7.96. The van der Waals surface area contributed by atoms with Gasteiger partial charge in [-0.1, -0.05) is 39.2 Å². The second-order valence-electron chi connectivity index (χ2n) is 5.74. The number of anilines is 1. The summed E-state index contributed by atoms with van der Waals surface area (Å²) in [6.45, 7) is 5.11. The fourth-order valence-electron chi connectivity index (χ4n) is 2.79.